The largest absolute Gasteiger partial charge is 0.329 e. The number of hydrogen-bond acceptors (Lipinski definition) is 2. The lowest BCUT2D eigenvalue weighted by Gasteiger charge is -2.53. The second-order valence-electron chi connectivity index (χ2n) is 5.88. The molecule has 0 heterocycles. The van der Waals surface area contributed by atoms with E-state index < -0.39 is 11.0 Å². The number of hydrogen-bond donors (Lipinski definition) is 2. The zero-order valence-corrected chi connectivity index (χ0v) is 10.5. The fraction of sp³-hybridized carbons (Fsp3) is 1.00. The molecule has 92 valence electrons. The van der Waals surface area contributed by atoms with E-state index >= 15 is 0 Å². The fourth-order valence-corrected chi connectivity index (χ4v) is 6.14. The third kappa shape index (κ3) is 1.85. The van der Waals surface area contributed by atoms with E-state index in [-0.39, 0.29) is 0 Å². The van der Waals surface area contributed by atoms with Crippen LogP contribution in [-0.4, -0.2) is 22.5 Å². The van der Waals surface area contributed by atoms with Gasteiger partial charge in [0, 0.05) is 13.1 Å². The molecule has 4 saturated carbocycles. The first-order valence-corrected chi connectivity index (χ1v) is 7.83. The number of nitrogens with two attached hydrogens (primary N) is 1. The van der Waals surface area contributed by atoms with E-state index in [4.69, 9.17) is 5.73 Å². The Morgan fingerprint density at radius 3 is 2.12 bits per heavy atom. The first kappa shape index (κ1) is 11.2. The highest BCUT2D eigenvalue weighted by molar-refractivity contribution is 7.83. The summed E-state index contributed by atoms with van der Waals surface area (Å²) >= 11 is 0. The van der Waals surface area contributed by atoms with Crippen LogP contribution in [0.2, 0.25) is 0 Å². The molecule has 3 nitrogen and oxygen atoms in total. The van der Waals surface area contributed by atoms with Crippen LogP contribution in [0.5, 0.6) is 0 Å². The van der Waals surface area contributed by atoms with Crippen molar-refractivity contribution >= 4 is 11.0 Å². The van der Waals surface area contributed by atoms with Crippen molar-refractivity contribution in [3.63, 3.8) is 0 Å². The van der Waals surface area contributed by atoms with Crippen molar-refractivity contribution in [1.82, 2.24) is 4.72 Å². The highest BCUT2D eigenvalue weighted by atomic mass is 32.2. The Morgan fingerprint density at radius 2 is 1.62 bits per heavy atom. The molecule has 1 atom stereocenters. The summed E-state index contributed by atoms with van der Waals surface area (Å²) in [6, 6.07) is 0. The maximum Gasteiger partial charge on any atom is 0.0953 e. The van der Waals surface area contributed by atoms with Crippen LogP contribution in [0.25, 0.3) is 0 Å². The second kappa shape index (κ2) is 4.39. The van der Waals surface area contributed by atoms with Crippen molar-refractivity contribution in [2.24, 2.45) is 29.4 Å². The van der Waals surface area contributed by atoms with E-state index in [9.17, 15) is 4.21 Å². The first-order chi connectivity index (χ1) is 7.78. The minimum Gasteiger partial charge on any atom is -0.329 e. The third-order valence-electron chi connectivity index (χ3n) is 4.78. The summed E-state index contributed by atoms with van der Waals surface area (Å²) in [5.41, 5.74) is 5.45. The lowest BCUT2D eigenvalue weighted by molar-refractivity contribution is 0.0249. The molecule has 4 rings (SSSR count). The molecule has 0 aromatic heterocycles. The summed E-state index contributed by atoms with van der Waals surface area (Å²) in [4.78, 5) is 0. The minimum atomic E-state index is -0.840. The van der Waals surface area contributed by atoms with Gasteiger partial charge in [-0.15, -0.1) is 0 Å². The maximum absolute atomic E-state index is 12.2. The SMILES string of the molecule is NCCNS(=O)C1C2CC3CC(C2)CC1C3. The van der Waals surface area contributed by atoms with Crippen LogP contribution in [-0.2, 0) is 11.0 Å². The van der Waals surface area contributed by atoms with Crippen molar-refractivity contribution in [2.75, 3.05) is 13.1 Å². The Labute approximate surface area is 100 Å². The van der Waals surface area contributed by atoms with Crippen molar-refractivity contribution in [3.8, 4) is 0 Å². The van der Waals surface area contributed by atoms with Crippen molar-refractivity contribution in [3.05, 3.63) is 0 Å². The van der Waals surface area contributed by atoms with Crippen LogP contribution < -0.4 is 10.5 Å². The van der Waals surface area contributed by atoms with Gasteiger partial charge in [0.25, 0.3) is 0 Å². The maximum atomic E-state index is 12.2. The topological polar surface area (TPSA) is 55.1 Å². The lowest BCUT2D eigenvalue weighted by Crippen LogP contribution is -2.52. The van der Waals surface area contributed by atoms with Crippen molar-refractivity contribution in [2.45, 2.75) is 37.4 Å². The minimum absolute atomic E-state index is 0.430. The van der Waals surface area contributed by atoms with Gasteiger partial charge >= 0.3 is 0 Å². The molecule has 4 bridgehead atoms. The van der Waals surface area contributed by atoms with Gasteiger partial charge in [0.05, 0.1) is 16.2 Å². The molecule has 4 fully saturated rings. The lowest BCUT2D eigenvalue weighted by atomic mass is 9.56. The number of rotatable bonds is 4. The van der Waals surface area contributed by atoms with Crippen LogP contribution in [0.3, 0.4) is 0 Å². The summed E-state index contributed by atoms with van der Waals surface area (Å²) in [6.07, 6.45) is 6.82. The average molecular weight is 242 g/mol. The molecule has 4 aliphatic rings. The smallest absolute Gasteiger partial charge is 0.0953 e. The van der Waals surface area contributed by atoms with Crippen LogP contribution in [0.4, 0.5) is 0 Å². The molecular weight excluding hydrogens is 220 g/mol. The van der Waals surface area contributed by atoms with Gasteiger partial charge in [-0.1, -0.05) is 0 Å². The molecule has 0 amide bonds. The van der Waals surface area contributed by atoms with Crippen LogP contribution in [0, 0.1) is 23.7 Å². The third-order valence-corrected chi connectivity index (χ3v) is 6.53. The average Bonchev–Trinajstić information content (AvgIpc) is 2.24. The van der Waals surface area contributed by atoms with Gasteiger partial charge in [-0.05, 0) is 55.8 Å². The second-order valence-corrected chi connectivity index (χ2v) is 7.30. The van der Waals surface area contributed by atoms with E-state index in [2.05, 4.69) is 4.72 Å². The van der Waals surface area contributed by atoms with E-state index in [0.717, 1.165) is 23.7 Å². The highest BCUT2D eigenvalue weighted by Gasteiger charge is 2.50. The normalized spacial score (nSPS) is 47.2. The fourth-order valence-electron chi connectivity index (χ4n) is 4.48. The summed E-state index contributed by atoms with van der Waals surface area (Å²) in [5.74, 6) is 3.40. The molecule has 4 aliphatic carbocycles. The molecule has 0 saturated heterocycles. The Bertz CT molecular complexity index is 267. The zero-order valence-electron chi connectivity index (χ0n) is 9.73. The predicted molar refractivity (Wildman–Crippen MR) is 66.0 cm³/mol. The standard InChI is InChI=1S/C12H22N2OS/c13-1-2-14-16(15)12-10-4-8-3-9(6-10)7-11(12)5-8/h8-12,14H,1-7,13H2. The quantitative estimate of drug-likeness (QED) is 0.773. The molecule has 0 spiro atoms. The van der Waals surface area contributed by atoms with Crippen LogP contribution in [0.15, 0.2) is 0 Å². The molecule has 16 heavy (non-hydrogen) atoms. The van der Waals surface area contributed by atoms with Gasteiger partial charge in [-0.3, -0.25) is 0 Å². The summed E-state index contributed by atoms with van der Waals surface area (Å²) in [7, 11) is -0.840. The van der Waals surface area contributed by atoms with E-state index in [0.29, 0.717) is 18.3 Å². The molecule has 0 aromatic carbocycles. The highest BCUT2D eigenvalue weighted by Crippen LogP contribution is 2.54. The Kier molecular flexibility index (Phi) is 3.07. The molecule has 0 radical (unpaired) electrons. The van der Waals surface area contributed by atoms with E-state index in [1.54, 1.807) is 0 Å². The molecule has 1 unspecified atom stereocenters. The molecule has 4 heteroatoms. The van der Waals surface area contributed by atoms with E-state index in [1.807, 2.05) is 0 Å². The Hall–Kier alpha value is 0.0700. The zero-order chi connectivity index (χ0) is 11.1. The predicted octanol–water partition coefficient (Wildman–Crippen LogP) is 1.02. The summed E-state index contributed by atoms with van der Waals surface area (Å²) in [5, 5.41) is 0.430. The van der Waals surface area contributed by atoms with Crippen molar-refractivity contribution < 1.29 is 4.21 Å². The monoisotopic (exact) mass is 242 g/mol. The van der Waals surface area contributed by atoms with Gasteiger partial charge in [0.2, 0.25) is 0 Å². The van der Waals surface area contributed by atoms with Crippen molar-refractivity contribution in [1.29, 1.82) is 0 Å². The molecule has 0 aliphatic heterocycles. The number of nitrogens with one attached hydrogen (secondary N) is 1. The summed E-state index contributed by atoms with van der Waals surface area (Å²) in [6.45, 7) is 1.27. The molecule has 3 N–H and O–H groups in total. The Balaban J connectivity index is 1.69. The van der Waals surface area contributed by atoms with Gasteiger partial charge in [0.1, 0.15) is 0 Å². The van der Waals surface area contributed by atoms with Gasteiger partial charge < -0.3 is 5.73 Å². The van der Waals surface area contributed by atoms with E-state index in [1.165, 1.54) is 32.1 Å². The Morgan fingerprint density at radius 1 is 1.06 bits per heavy atom. The van der Waals surface area contributed by atoms with Gasteiger partial charge in [-0.25, -0.2) is 8.93 Å². The van der Waals surface area contributed by atoms with Crippen LogP contribution >= 0.6 is 0 Å². The first-order valence-electron chi connectivity index (χ1n) is 6.62. The van der Waals surface area contributed by atoms with Crippen LogP contribution in [0.1, 0.15) is 32.1 Å². The molecule has 0 aromatic rings. The van der Waals surface area contributed by atoms with Gasteiger partial charge in [0.15, 0.2) is 0 Å². The van der Waals surface area contributed by atoms with Gasteiger partial charge in [-0.2, -0.15) is 0 Å². The molecular formula is C12H22N2OS. The summed E-state index contributed by atoms with van der Waals surface area (Å²) < 4.78 is 15.3.